The fourth-order valence-corrected chi connectivity index (χ4v) is 0.545. The van der Waals surface area contributed by atoms with E-state index in [4.69, 9.17) is 0 Å². The molecule has 0 aliphatic carbocycles. The molecule has 0 spiro atoms. The summed E-state index contributed by atoms with van der Waals surface area (Å²) in [6.07, 6.45) is -0.374. The predicted molar refractivity (Wildman–Crippen MR) is 44.4 cm³/mol. The van der Waals surface area contributed by atoms with Gasteiger partial charge in [-0.05, 0) is 13.3 Å². The first-order valence-electron chi connectivity index (χ1n) is 4.22. The molecule has 0 N–H and O–H groups in total. The van der Waals surface area contributed by atoms with Crippen LogP contribution in [0.4, 0.5) is 9.59 Å². The van der Waals surface area contributed by atoms with Crippen molar-refractivity contribution in [2.75, 3.05) is 13.2 Å². The third-order valence-corrected chi connectivity index (χ3v) is 1.15. The van der Waals surface area contributed by atoms with Crippen molar-refractivity contribution in [1.29, 1.82) is 0 Å². The monoisotopic (exact) mass is 190 g/mol. The van der Waals surface area contributed by atoms with E-state index in [9.17, 15) is 9.59 Å². The zero-order valence-corrected chi connectivity index (χ0v) is 7.87. The highest BCUT2D eigenvalue weighted by atomic mass is 16.8. The number of carbonyl (C=O) groups excluding carboxylic acids is 2. The largest absolute Gasteiger partial charge is 0.518 e. The highest BCUT2D eigenvalue weighted by molar-refractivity contribution is 5.76. The van der Waals surface area contributed by atoms with Crippen LogP contribution < -0.4 is 0 Å². The molecule has 0 saturated carbocycles. The number of rotatable bonds is 4. The van der Waals surface area contributed by atoms with E-state index in [0.29, 0.717) is 0 Å². The Balaban J connectivity index is 3.44. The van der Waals surface area contributed by atoms with Gasteiger partial charge in [-0.1, -0.05) is 13.3 Å². The molecule has 76 valence electrons. The number of hydrogen-bond donors (Lipinski definition) is 0. The van der Waals surface area contributed by atoms with E-state index < -0.39 is 12.3 Å². The second-order valence-electron chi connectivity index (χ2n) is 2.24. The first-order valence-corrected chi connectivity index (χ1v) is 4.22. The van der Waals surface area contributed by atoms with Gasteiger partial charge >= 0.3 is 12.3 Å². The Kier molecular flexibility index (Phi) is 6.68. The maximum Gasteiger partial charge on any atom is 0.518 e. The van der Waals surface area contributed by atoms with Gasteiger partial charge in [-0.3, -0.25) is 0 Å². The number of hydrogen-bond acceptors (Lipinski definition) is 5. The second kappa shape index (κ2) is 7.39. The minimum atomic E-state index is -1.02. The topological polar surface area (TPSA) is 61.8 Å². The van der Waals surface area contributed by atoms with Crippen molar-refractivity contribution in [3.8, 4) is 0 Å². The maximum absolute atomic E-state index is 10.7. The summed E-state index contributed by atoms with van der Waals surface area (Å²) < 4.78 is 13.0. The summed E-state index contributed by atoms with van der Waals surface area (Å²) in [7, 11) is 0. The Bertz CT molecular complexity index is 166. The first-order chi connectivity index (χ1) is 6.20. The lowest BCUT2D eigenvalue weighted by Gasteiger charge is -2.03. The molecule has 0 rings (SSSR count). The molecule has 0 saturated heterocycles. The third kappa shape index (κ3) is 7.11. The van der Waals surface area contributed by atoms with E-state index in [2.05, 4.69) is 14.2 Å². The van der Waals surface area contributed by atoms with Crippen LogP contribution in [0.1, 0.15) is 26.7 Å². The van der Waals surface area contributed by atoms with Crippen LogP contribution in [0, 0.1) is 0 Å². The molecule has 0 aliphatic heterocycles. The van der Waals surface area contributed by atoms with Crippen molar-refractivity contribution in [2.24, 2.45) is 0 Å². The fraction of sp³-hybridized carbons (Fsp3) is 0.750. The van der Waals surface area contributed by atoms with Gasteiger partial charge in [-0.2, -0.15) is 0 Å². The van der Waals surface area contributed by atoms with Gasteiger partial charge in [-0.25, -0.2) is 9.59 Å². The lowest BCUT2D eigenvalue weighted by molar-refractivity contribution is 0.0382. The fourth-order valence-electron chi connectivity index (χ4n) is 0.545. The predicted octanol–water partition coefficient (Wildman–Crippen LogP) is 2.10. The van der Waals surface area contributed by atoms with E-state index >= 15 is 0 Å². The van der Waals surface area contributed by atoms with Crippen LogP contribution in [0.2, 0.25) is 0 Å². The molecular formula is C8H14O5. The van der Waals surface area contributed by atoms with E-state index in [0.717, 1.165) is 12.8 Å². The van der Waals surface area contributed by atoms with Gasteiger partial charge < -0.3 is 14.2 Å². The SMILES string of the molecule is CCCCOC(=O)OC(=O)OCC. The molecule has 0 radical (unpaired) electrons. The van der Waals surface area contributed by atoms with Crippen LogP contribution in [-0.2, 0) is 14.2 Å². The molecule has 5 nitrogen and oxygen atoms in total. The van der Waals surface area contributed by atoms with Crippen LogP contribution in [0.5, 0.6) is 0 Å². The third-order valence-electron chi connectivity index (χ3n) is 1.15. The first kappa shape index (κ1) is 11.7. The Labute approximate surface area is 77.0 Å². The van der Waals surface area contributed by atoms with Crippen molar-refractivity contribution in [1.82, 2.24) is 0 Å². The van der Waals surface area contributed by atoms with Crippen LogP contribution in [0.3, 0.4) is 0 Å². The summed E-state index contributed by atoms with van der Waals surface area (Å²) in [5.41, 5.74) is 0. The average molecular weight is 190 g/mol. The molecule has 13 heavy (non-hydrogen) atoms. The lowest BCUT2D eigenvalue weighted by atomic mass is 10.4. The second-order valence-corrected chi connectivity index (χ2v) is 2.24. The molecule has 0 fully saturated rings. The Morgan fingerprint density at radius 3 is 2.23 bits per heavy atom. The molecule has 0 amide bonds. The van der Waals surface area contributed by atoms with Crippen molar-refractivity contribution in [3.63, 3.8) is 0 Å². The molecule has 0 aromatic heterocycles. The summed E-state index contributed by atoms with van der Waals surface area (Å²) in [5.74, 6) is 0. The van der Waals surface area contributed by atoms with Gasteiger partial charge in [0.15, 0.2) is 0 Å². The van der Waals surface area contributed by atoms with E-state index in [1.165, 1.54) is 0 Å². The van der Waals surface area contributed by atoms with E-state index in [1.807, 2.05) is 6.92 Å². The average Bonchev–Trinajstić information content (AvgIpc) is 2.05. The summed E-state index contributed by atoms with van der Waals surface area (Å²) >= 11 is 0. The number of carbonyl (C=O) groups is 2. The Morgan fingerprint density at radius 2 is 1.69 bits per heavy atom. The molecule has 5 heteroatoms. The molecule has 0 heterocycles. The van der Waals surface area contributed by atoms with Crippen molar-refractivity contribution >= 4 is 12.3 Å². The van der Waals surface area contributed by atoms with Crippen molar-refractivity contribution < 1.29 is 23.8 Å². The van der Waals surface area contributed by atoms with Gasteiger partial charge in [0.1, 0.15) is 0 Å². The van der Waals surface area contributed by atoms with Crippen LogP contribution in [-0.4, -0.2) is 25.5 Å². The molecule has 0 unspecified atom stereocenters. The van der Waals surface area contributed by atoms with Gasteiger partial charge in [-0.15, -0.1) is 0 Å². The Hall–Kier alpha value is -1.26. The zero-order chi connectivity index (χ0) is 10.1. The summed E-state index contributed by atoms with van der Waals surface area (Å²) in [5, 5.41) is 0. The molecular weight excluding hydrogens is 176 g/mol. The summed E-state index contributed by atoms with van der Waals surface area (Å²) in [6.45, 7) is 4.00. The smallest absolute Gasteiger partial charge is 0.434 e. The Morgan fingerprint density at radius 1 is 1.08 bits per heavy atom. The number of ether oxygens (including phenoxy) is 3. The van der Waals surface area contributed by atoms with Crippen LogP contribution in [0.15, 0.2) is 0 Å². The highest BCUT2D eigenvalue weighted by Gasteiger charge is 2.11. The van der Waals surface area contributed by atoms with Gasteiger partial charge in [0.25, 0.3) is 0 Å². The molecule has 0 bridgehead atoms. The molecule has 0 atom stereocenters. The van der Waals surface area contributed by atoms with Crippen molar-refractivity contribution in [3.05, 3.63) is 0 Å². The maximum atomic E-state index is 10.7. The molecule has 0 aliphatic rings. The summed E-state index contributed by atoms with van der Waals surface area (Å²) in [6, 6.07) is 0. The summed E-state index contributed by atoms with van der Waals surface area (Å²) in [4.78, 5) is 21.2. The zero-order valence-electron chi connectivity index (χ0n) is 7.87. The minimum Gasteiger partial charge on any atom is -0.434 e. The van der Waals surface area contributed by atoms with E-state index in [1.54, 1.807) is 6.92 Å². The molecule has 0 aromatic rings. The van der Waals surface area contributed by atoms with Crippen LogP contribution >= 0.6 is 0 Å². The normalized spacial score (nSPS) is 9.08. The lowest BCUT2D eigenvalue weighted by Crippen LogP contribution is -2.15. The van der Waals surface area contributed by atoms with E-state index in [-0.39, 0.29) is 13.2 Å². The number of unbranched alkanes of at least 4 members (excludes halogenated alkanes) is 1. The minimum absolute atomic E-state index is 0.168. The van der Waals surface area contributed by atoms with Gasteiger partial charge in [0, 0.05) is 0 Å². The van der Waals surface area contributed by atoms with Crippen LogP contribution in [0.25, 0.3) is 0 Å². The highest BCUT2D eigenvalue weighted by Crippen LogP contribution is 1.93. The standard InChI is InChI=1S/C8H14O5/c1-3-5-6-12-8(10)13-7(9)11-4-2/h3-6H2,1-2H3. The van der Waals surface area contributed by atoms with Gasteiger partial charge in [0.2, 0.25) is 0 Å². The van der Waals surface area contributed by atoms with Gasteiger partial charge in [0.05, 0.1) is 13.2 Å². The van der Waals surface area contributed by atoms with Crippen molar-refractivity contribution in [2.45, 2.75) is 26.7 Å². The quantitative estimate of drug-likeness (QED) is 0.386. The molecule has 0 aromatic carbocycles.